The maximum absolute atomic E-state index is 9.50. The Bertz CT molecular complexity index is 511. The Kier molecular flexibility index (Phi) is 8.41. The molecule has 1 aromatic rings. The van der Waals surface area contributed by atoms with Crippen LogP contribution in [0, 0.1) is 0 Å². The molecule has 1 atom stereocenters. The van der Waals surface area contributed by atoms with Gasteiger partial charge in [-0.15, -0.1) is 0 Å². The summed E-state index contributed by atoms with van der Waals surface area (Å²) in [6.45, 7) is 1.94. The van der Waals surface area contributed by atoms with E-state index in [0.717, 1.165) is 12.8 Å². The number of aliphatic hydroxyl groups is 2. The first kappa shape index (κ1) is 20.4. The molecule has 4 N–H and O–H groups in total. The molecule has 0 fully saturated rings. The van der Waals surface area contributed by atoms with Gasteiger partial charge in [0, 0.05) is 0 Å². The summed E-state index contributed by atoms with van der Waals surface area (Å²) in [5.74, 6) is 0.358. The Morgan fingerprint density at radius 1 is 1.08 bits per heavy atom. The highest BCUT2D eigenvalue weighted by molar-refractivity contribution is 5.37. The second kappa shape index (κ2) is 10.3. The Labute approximate surface area is 153 Å². The quantitative estimate of drug-likeness (QED) is 0.528. The molecule has 0 unspecified atom stereocenters. The molecule has 142 valence electrons. The number of unbranched alkanes of at least 4 members (excludes halogenated alkanes) is 5. The molecule has 0 radical (unpaired) electrons. The first-order valence-electron chi connectivity index (χ1n) is 10.2. The summed E-state index contributed by atoms with van der Waals surface area (Å²) in [7, 11) is 0. The van der Waals surface area contributed by atoms with Crippen LogP contribution in [-0.4, -0.2) is 29.0 Å². The zero-order chi connectivity index (χ0) is 18.1. The SMILES string of the molecule is CCCCCCCCc1ccc2c(c1)CCC[C@H]2CC(N)(CO)CO. The fraction of sp³-hybridized carbons (Fsp3) is 0.727. The molecule has 0 saturated heterocycles. The lowest BCUT2D eigenvalue weighted by molar-refractivity contribution is 0.107. The maximum Gasteiger partial charge on any atom is 0.0633 e. The van der Waals surface area contributed by atoms with Crippen LogP contribution >= 0.6 is 0 Å². The number of hydrogen-bond acceptors (Lipinski definition) is 3. The van der Waals surface area contributed by atoms with Gasteiger partial charge in [0.05, 0.1) is 18.8 Å². The normalized spacial score (nSPS) is 17.5. The van der Waals surface area contributed by atoms with E-state index < -0.39 is 5.54 Å². The number of hydrogen-bond donors (Lipinski definition) is 3. The van der Waals surface area contributed by atoms with Crippen LogP contribution in [0.5, 0.6) is 0 Å². The average Bonchev–Trinajstić information content (AvgIpc) is 2.64. The predicted octanol–water partition coefficient (Wildman–Crippen LogP) is 4.08. The van der Waals surface area contributed by atoms with E-state index >= 15 is 0 Å². The predicted molar refractivity (Wildman–Crippen MR) is 105 cm³/mol. The third kappa shape index (κ3) is 6.09. The second-order valence-electron chi connectivity index (χ2n) is 8.02. The van der Waals surface area contributed by atoms with Crippen LogP contribution in [0.3, 0.4) is 0 Å². The summed E-state index contributed by atoms with van der Waals surface area (Å²) in [5.41, 5.74) is 9.56. The van der Waals surface area contributed by atoms with Gasteiger partial charge in [0.1, 0.15) is 0 Å². The van der Waals surface area contributed by atoms with E-state index in [9.17, 15) is 10.2 Å². The molecule has 0 saturated carbocycles. The molecule has 0 aliphatic heterocycles. The van der Waals surface area contributed by atoms with Crippen LogP contribution in [0.25, 0.3) is 0 Å². The van der Waals surface area contributed by atoms with Crippen LogP contribution in [0.2, 0.25) is 0 Å². The topological polar surface area (TPSA) is 66.5 Å². The summed E-state index contributed by atoms with van der Waals surface area (Å²) in [5, 5.41) is 19.0. The van der Waals surface area contributed by atoms with E-state index in [4.69, 9.17) is 5.73 Å². The fourth-order valence-electron chi connectivity index (χ4n) is 4.12. The molecule has 3 nitrogen and oxygen atoms in total. The molecule has 0 spiro atoms. The fourth-order valence-corrected chi connectivity index (χ4v) is 4.12. The summed E-state index contributed by atoms with van der Waals surface area (Å²) < 4.78 is 0. The number of nitrogens with two attached hydrogens (primary N) is 1. The lowest BCUT2D eigenvalue weighted by atomic mass is 9.76. The van der Waals surface area contributed by atoms with E-state index in [0.29, 0.717) is 12.3 Å². The largest absolute Gasteiger partial charge is 0.394 e. The Hall–Kier alpha value is -0.900. The number of aryl methyl sites for hydroxylation is 2. The highest BCUT2D eigenvalue weighted by atomic mass is 16.3. The minimum atomic E-state index is -0.865. The molecule has 0 bridgehead atoms. The molecular formula is C22H37NO2. The minimum Gasteiger partial charge on any atom is -0.394 e. The van der Waals surface area contributed by atoms with E-state index in [1.165, 1.54) is 68.1 Å². The molecule has 3 heteroatoms. The van der Waals surface area contributed by atoms with Crippen molar-refractivity contribution in [1.29, 1.82) is 0 Å². The number of benzene rings is 1. The zero-order valence-electron chi connectivity index (χ0n) is 16.0. The van der Waals surface area contributed by atoms with Crippen LogP contribution < -0.4 is 5.73 Å². The van der Waals surface area contributed by atoms with Crippen molar-refractivity contribution >= 4 is 0 Å². The van der Waals surface area contributed by atoms with Crippen LogP contribution in [0.4, 0.5) is 0 Å². The van der Waals surface area contributed by atoms with Crippen molar-refractivity contribution in [3.05, 3.63) is 34.9 Å². The van der Waals surface area contributed by atoms with Crippen molar-refractivity contribution in [3.8, 4) is 0 Å². The van der Waals surface area contributed by atoms with Crippen molar-refractivity contribution in [2.45, 2.75) is 89.0 Å². The van der Waals surface area contributed by atoms with E-state index in [2.05, 4.69) is 25.1 Å². The van der Waals surface area contributed by atoms with E-state index in [1.54, 1.807) is 0 Å². The van der Waals surface area contributed by atoms with Crippen molar-refractivity contribution in [1.82, 2.24) is 0 Å². The third-order valence-corrected chi connectivity index (χ3v) is 5.75. The van der Waals surface area contributed by atoms with Gasteiger partial charge in [0.25, 0.3) is 0 Å². The summed E-state index contributed by atoms with van der Waals surface area (Å²) >= 11 is 0. The van der Waals surface area contributed by atoms with Gasteiger partial charge in [-0.1, -0.05) is 57.2 Å². The number of rotatable bonds is 11. The van der Waals surface area contributed by atoms with Crippen LogP contribution in [-0.2, 0) is 12.8 Å². The molecule has 1 aliphatic carbocycles. The highest BCUT2D eigenvalue weighted by Gasteiger charge is 2.30. The van der Waals surface area contributed by atoms with Gasteiger partial charge in [0.15, 0.2) is 0 Å². The van der Waals surface area contributed by atoms with Gasteiger partial charge in [-0.3, -0.25) is 0 Å². The van der Waals surface area contributed by atoms with E-state index in [-0.39, 0.29) is 13.2 Å². The number of aliphatic hydroxyl groups excluding tert-OH is 2. The van der Waals surface area contributed by atoms with Gasteiger partial charge < -0.3 is 15.9 Å². The zero-order valence-corrected chi connectivity index (χ0v) is 16.0. The molecule has 2 rings (SSSR count). The lowest BCUT2D eigenvalue weighted by Crippen LogP contribution is -2.48. The molecular weight excluding hydrogens is 310 g/mol. The maximum atomic E-state index is 9.50. The smallest absolute Gasteiger partial charge is 0.0633 e. The first-order valence-corrected chi connectivity index (χ1v) is 10.2. The molecule has 1 aliphatic rings. The van der Waals surface area contributed by atoms with Crippen molar-refractivity contribution in [3.63, 3.8) is 0 Å². The Morgan fingerprint density at radius 2 is 1.80 bits per heavy atom. The number of fused-ring (bicyclic) bond motifs is 1. The van der Waals surface area contributed by atoms with Crippen LogP contribution in [0.1, 0.15) is 87.3 Å². The van der Waals surface area contributed by atoms with Gasteiger partial charge in [-0.2, -0.15) is 0 Å². The average molecular weight is 348 g/mol. The van der Waals surface area contributed by atoms with Crippen molar-refractivity contribution < 1.29 is 10.2 Å². The van der Waals surface area contributed by atoms with Gasteiger partial charge in [-0.25, -0.2) is 0 Å². The minimum absolute atomic E-state index is 0.161. The molecule has 0 amide bonds. The third-order valence-electron chi connectivity index (χ3n) is 5.75. The Balaban J connectivity index is 1.92. The van der Waals surface area contributed by atoms with Gasteiger partial charge in [0.2, 0.25) is 0 Å². The van der Waals surface area contributed by atoms with E-state index in [1.807, 2.05) is 0 Å². The Morgan fingerprint density at radius 3 is 2.52 bits per heavy atom. The lowest BCUT2D eigenvalue weighted by Gasteiger charge is -2.33. The van der Waals surface area contributed by atoms with Crippen molar-refractivity contribution in [2.24, 2.45) is 5.73 Å². The van der Waals surface area contributed by atoms with Crippen LogP contribution in [0.15, 0.2) is 18.2 Å². The van der Waals surface area contributed by atoms with Gasteiger partial charge in [-0.05, 0) is 61.1 Å². The second-order valence-corrected chi connectivity index (χ2v) is 8.02. The first-order chi connectivity index (χ1) is 12.1. The highest BCUT2D eigenvalue weighted by Crippen LogP contribution is 2.37. The summed E-state index contributed by atoms with van der Waals surface area (Å²) in [4.78, 5) is 0. The van der Waals surface area contributed by atoms with Crippen molar-refractivity contribution in [2.75, 3.05) is 13.2 Å². The molecule has 0 aromatic heterocycles. The standard InChI is InChI=1S/C22H37NO2/c1-2-3-4-5-6-7-9-18-12-13-21-19(14-18)10-8-11-20(21)15-22(23,16-24)17-25/h12-14,20,24-25H,2-11,15-17,23H2,1H3/t20-/m0/s1. The summed E-state index contributed by atoms with van der Waals surface area (Å²) in [6, 6.07) is 6.95. The molecule has 25 heavy (non-hydrogen) atoms. The molecule has 0 heterocycles. The monoisotopic (exact) mass is 347 g/mol. The summed E-state index contributed by atoms with van der Waals surface area (Å²) in [6.07, 6.45) is 13.3. The molecule has 1 aromatic carbocycles. The van der Waals surface area contributed by atoms with Gasteiger partial charge >= 0.3 is 0 Å².